The van der Waals surface area contributed by atoms with E-state index < -0.39 is 0 Å². The van der Waals surface area contributed by atoms with Crippen molar-refractivity contribution in [3.8, 4) is 11.4 Å². The van der Waals surface area contributed by atoms with Gasteiger partial charge in [-0.15, -0.1) is 0 Å². The molecule has 0 fully saturated rings. The number of nitrogens with zero attached hydrogens (tertiary/aromatic N) is 4. The molecule has 0 saturated heterocycles. The fourth-order valence-electron chi connectivity index (χ4n) is 3.89. The van der Waals surface area contributed by atoms with Crippen molar-refractivity contribution >= 4 is 28.4 Å². The maximum absolute atomic E-state index is 11.4. The van der Waals surface area contributed by atoms with Crippen LogP contribution < -0.4 is 16.1 Å². The Balaban J connectivity index is 1.89. The summed E-state index contributed by atoms with van der Waals surface area (Å²) >= 11 is 0. The second kappa shape index (κ2) is 8.47. The van der Waals surface area contributed by atoms with Gasteiger partial charge in [0.1, 0.15) is 5.82 Å². The lowest BCUT2D eigenvalue weighted by molar-refractivity contribution is -0.118. The largest absolute Gasteiger partial charge is 0.356 e. The summed E-state index contributed by atoms with van der Waals surface area (Å²) in [4.78, 5) is 23.1. The van der Waals surface area contributed by atoms with Gasteiger partial charge in [-0.2, -0.15) is 0 Å². The number of para-hydroxylation sites is 1. The number of amides is 1. The highest BCUT2D eigenvalue weighted by atomic mass is 16.1. The van der Waals surface area contributed by atoms with E-state index in [0.717, 1.165) is 33.7 Å². The van der Waals surface area contributed by atoms with E-state index in [4.69, 9.17) is 15.8 Å². The molecule has 7 nitrogen and oxygen atoms in total. The number of fused-ring (bicyclic) bond motifs is 1. The Morgan fingerprint density at radius 1 is 1.06 bits per heavy atom. The molecule has 4 aromatic rings. The highest BCUT2D eigenvalue weighted by molar-refractivity contribution is 5.91. The zero-order valence-corrected chi connectivity index (χ0v) is 18.0. The minimum absolute atomic E-state index is 0.0637. The fraction of sp³-hybridized carbons (Fsp3) is 0.208. The molecule has 1 amide bonds. The molecule has 0 saturated carbocycles. The number of rotatable bonds is 6. The highest BCUT2D eigenvalue weighted by Gasteiger charge is 2.22. The van der Waals surface area contributed by atoms with Gasteiger partial charge >= 0.3 is 0 Å². The molecule has 7 heteroatoms. The number of carbonyl (C=O) groups excluding carboxylic acids is 1. The molecular formula is C24H26N6O. The zero-order chi connectivity index (χ0) is 22.0. The van der Waals surface area contributed by atoms with Gasteiger partial charge in [0, 0.05) is 49.1 Å². The lowest BCUT2D eigenvalue weighted by Gasteiger charge is -2.20. The minimum atomic E-state index is -0.0637. The van der Waals surface area contributed by atoms with Gasteiger partial charge in [0.25, 0.3) is 0 Å². The molecule has 0 bridgehead atoms. The predicted octanol–water partition coefficient (Wildman–Crippen LogP) is 3.57. The summed E-state index contributed by atoms with van der Waals surface area (Å²) < 4.78 is 1.63. The summed E-state index contributed by atoms with van der Waals surface area (Å²) in [6.45, 7) is 4.04. The maximum Gasteiger partial charge on any atom is 0.216 e. The van der Waals surface area contributed by atoms with Crippen LogP contribution in [-0.4, -0.2) is 34.1 Å². The molecule has 158 valence electrons. The Kier molecular flexibility index (Phi) is 5.58. The van der Waals surface area contributed by atoms with Crippen LogP contribution in [0.1, 0.15) is 18.2 Å². The number of aryl methyl sites for hydroxylation is 1. The van der Waals surface area contributed by atoms with Crippen molar-refractivity contribution in [2.45, 2.75) is 20.3 Å². The van der Waals surface area contributed by atoms with Crippen LogP contribution in [0.4, 0.5) is 11.5 Å². The molecule has 31 heavy (non-hydrogen) atoms. The molecule has 0 unspecified atom stereocenters. The van der Waals surface area contributed by atoms with Gasteiger partial charge in [-0.3, -0.25) is 4.79 Å². The minimum Gasteiger partial charge on any atom is -0.356 e. The monoisotopic (exact) mass is 414 g/mol. The summed E-state index contributed by atoms with van der Waals surface area (Å²) in [5, 5.41) is 3.78. The quantitative estimate of drug-likeness (QED) is 0.471. The molecule has 2 aromatic heterocycles. The lowest BCUT2D eigenvalue weighted by Crippen LogP contribution is -2.23. The second-order valence-corrected chi connectivity index (χ2v) is 7.50. The number of aromatic nitrogens is 3. The Bertz CT molecular complexity index is 1220. The first-order chi connectivity index (χ1) is 15.0. The number of nitrogens with one attached hydrogen (secondary N) is 1. The highest BCUT2D eigenvalue weighted by Crippen LogP contribution is 2.35. The molecule has 3 N–H and O–H groups in total. The van der Waals surface area contributed by atoms with Crippen LogP contribution in [0.2, 0.25) is 0 Å². The summed E-state index contributed by atoms with van der Waals surface area (Å²) in [5.74, 6) is 7.99. The molecule has 4 rings (SSSR count). The molecule has 2 heterocycles. The third-order valence-electron chi connectivity index (χ3n) is 5.36. The average Bonchev–Trinajstić information content (AvgIpc) is 3.04. The number of carbonyl (C=O) groups is 1. The van der Waals surface area contributed by atoms with Crippen LogP contribution in [0, 0.1) is 6.92 Å². The van der Waals surface area contributed by atoms with Crippen LogP contribution in [0.25, 0.3) is 22.4 Å². The zero-order valence-electron chi connectivity index (χ0n) is 18.0. The van der Waals surface area contributed by atoms with Gasteiger partial charge in [0.15, 0.2) is 11.5 Å². The van der Waals surface area contributed by atoms with Gasteiger partial charge in [-0.05, 0) is 19.1 Å². The van der Waals surface area contributed by atoms with Gasteiger partial charge in [-0.25, -0.2) is 14.6 Å². The number of hydrogen-bond donors (Lipinski definition) is 2. The van der Waals surface area contributed by atoms with E-state index in [9.17, 15) is 4.79 Å². The topological polar surface area (TPSA) is 89.1 Å². The second-order valence-electron chi connectivity index (χ2n) is 7.50. The normalized spacial score (nSPS) is 10.9. The SMILES string of the molecule is CC(=O)NCCc1nc(-c2ccccc2)nc2c1c(C)c(N(C)c1ccccc1)n2N. The lowest BCUT2D eigenvalue weighted by atomic mass is 10.1. The average molecular weight is 415 g/mol. The third kappa shape index (κ3) is 3.94. The van der Waals surface area contributed by atoms with Crippen LogP contribution >= 0.6 is 0 Å². The molecule has 0 aliphatic heterocycles. The number of benzene rings is 2. The number of hydrogen-bond acceptors (Lipinski definition) is 5. The summed E-state index contributed by atoms with van der Waals surface area (Å²) in [5.41, 5.74) is 4.48. The smallest absolute Gasteiger partial charge is 0.216 e. The van der Waals surface area contributed by atoms with Gasteiger partial charge in [-0.1, -0.05) is 48.5 Å². The standard InChI is InChI=1S/C24H26N6O/c1-16-21-20(14-15-26-17(2)31)27-22(18-10-6-4-7-11-18)28-23(21)30(25)24(16)29(3)19-12-8-5-9-13-19/h4-13H,14-15,25H2,1-3H3,(H,26,31). The van der Waals surface area contributed by atoms with Crippen LogP contribution in [0.3, 0.4) is 0 Å². The van der Waals surface area contributed by atoms with E-state index in [1.807, 2.05) is 74.6 Å². The predicted molar refractivity (Wildman–Crippen MR) is 125 cm³/mol. The van der Waals surface area contributed by atoms with Crippen molar-refractivity contribution in [2.24, 2.45) is 0 Å². The Morgan fingerprint density at radius 2 is 1.71 bits per heavy atom. The molecule has 0 atom stereocenters. The molecule has 0 aliphatic rings. The molecular weight excluding hydrogens is 388 g/mol. The van der Waals surface area contributed by atoms with Crippen LogP contribution in [-0.2, 0) is 11.2 Å². The molecule has 0 aliphatic carbocycles. The Morgan fingerprint density at radius 3 is 2.35 bits per heavy atom. The Hall–Kier alpha value is -3.87. The first-order valence-corrected chi connectivity index (χ1v) is 10.2. The number of anilines is 2. The van der Waals surface area contributed by atoms with Gasteiger partial charge in [0.05, 0.1) is 5.69 Å². The van der Waals surface area contributed by atoms with Crippen LogP contribution in [0.5, 0.6) is 0 Å². The van der Waals surface area contributed by atoms with Gasteiger partial charge < -0.3 is 16.1 Å². The van der Waals surface area contributed by atoms with Crippen molar-refractivity contribution in [1.82, 2.24) is 20.0 Å². The van der Waals surface area contributed by atoms with Crippen LogP contribution in [0.15, 0.2) is 60.7 Å². The summed E-state index contributed by atoms with van der Waals surface area (Å²) in [6, 6.07) is 19.9. The van der Waals surface area contributed by atoms with Crippen molar-refractivity contribution in [2.75, 3.05) is 24.3 Å². The van der Waals surface area contributed by atoms with E-state index in [2.05, 4.69) is 10.2 Å². The Labute approximate surface area is 181 Å². The van der Waals surface area contributed by atoms with E-state index in [0.29, 0.717) is 24.4 Å². The first kappa shape index (κ1) is 20.4. The van der Waals surface area contributed by atoms with Crippen molar-refractivity contribution < 1.29 is 4.79 Å². The summed E-state index contributed by atoms with van der Waals surface area (Å²) in [6.07, 6.45) is 0.581. The van der Waals surface area contributed by atoms with E-state index >= 15 is 0 Å². The van der Waals surface area contributed by atoms with Crippen molar-refractivity contribution in [3.63, 3.8) is 0 Å². The third-order valence-corrected chi connectivity index (χ3v) is 5.36. The molecule has 2 aromatic carbocycles. The van der Waals surface area contributed by atoms with E-state index in [-0.39, 0.29) is 5.91 Å². The number of nitrogens with two attached hydrogens (primary N) is 1. The summed E-state index contributed by atoms with van der Waals surface area (Å²) in [7, 11) is 1.99. The van der Waals surface area contributed by atoms with E-state index in [1.165, 1.54) is 6.92 Å². The maximum atomic E-state index is 11.4. The molecule has 0 radical (unpaired) electrons. The van der Waals surface area contributed by atoms with Gasteiger partial charge in [0.2, 0.25) is 5.91 Å². The van der Waals surface area contributed by atoms with Crippen molar-refractivity contribution in [1.29, 1.82) is 0 Å². The fourth-order valence-corrected chi connectivity index (χ4v) is 3.89. The van der Waals surface area contributed by atoms with Crippen molar-refractivity contribution in [3.05, 3.63) is 71.9 Å². The molecule has 0 spiro atoms. The number of nitrogen functional groups attached to an aromatic ring is 1. The van der Waals surface area contributed by atoms with E-state index in [1.54, 1.807) is 4.68 Å². The first-order valence-electron chi connectivity index (χ1n) is 10.2.